The van der Waals surface area contributed by atoms with E-state index in [1.165, 1.54) is 65.7 Å². The average molecular weight is 609 g/mol. The quantitative estimate of drug-likeness (QED) is 0.186. The topological polar surface area (TPSA) is 25.8 Å². The average Bonchev–Trinajstić information content (AvgIpc) is 3.49. The molecule has 0 unspecified atom stereocenters. The summed E-state index contributed by atoms with van der Waals surface area (Å²) in [4.78, 5) is 10.5. The highest BCUT2D eigenvalue weighted by Crippen LogP contribution is 2.50. The highest BCUT2D eigenvalue weighted by molar-refractivity contribution is 6.21. The minimum Gasteiger partial charge on any atom is -0.227 e. The van der Waals surface area contributed by atoms with Gasteiger partial charge in [0.25, 0.3) is 0 Å². The van der Waals surface area contributed by atoms with E-state index in [-0.39, 0.29) is 0 Å². The van der Waals surface area contributed by atoms with Gasteiger partial charge in [0.05, 0.1) is 11.4 Å². The summed E-state index contributed by atoms with van der Waals surface area (Å²) in [6.07, 6.45) is 0. The Balaban J connectivity index is 1.20. The minimum atomic E-state index is 0.742. The van der Waals surface area contributed by atoms with Crippen molar-refractivity contribution < 1.29 is 0 Å². The minimum absolute atomic E-state index is 0.742. The first-order valence-corrected chi connectivity index (χ1v) is 16.4. The maximum Gasteiger partial charge on any atom is 0.160 e. The molecule has 1 aliphatic carbocycles. The molecule has 1 heterocycles. The van der Waals surface area contributed by atoms with Crippen LogP contribution in [0.15, 0.2) is 170 Å². The van der Waals surface area contributed by atoms with Crippen LogP contribution in [-0.2, 0) is 0 Å². The third-order valence-corrected chi connectivity index (χ3v) is 9.81. The van der Waals surface area contributed by atoms with Gasteiger partial charge in [-0.05, 0) is 60.1 Å². The first-order valence-electron chi connectivity index (χ1n) is 16.4. The van der Waals surface area contributed by atoms with Crippen molar-refractivity contribution in [1.82, 2.24) is 9.97 Å². The summed E-state index contributed by atoms with van der Waals surface area (Å²) in [6.45, 7) is 0. The van der Waals surface area contributed by atoms with E-state index in [4.69, 9.17) is 9.97 Å². The molecule has 0 N–H and O–H groups in total. The summed E-state index contributed by atoms with van der Waals surface area (Å²) in [5, 5.41) is 7.49. The molecule has 48 heavy (non-hydrogen) atoms. The van der Waals surface area contributed by atoms with E-state index in [0.29, 0.717) is 0 Å². The molecule has 0 saturated carbocycles. The summed E-state index contributed by atoms with van der Waals surface area (Å²) in [5.41, 5.74) is 12.5. The van der Waals surface area contributed by atoms with Gasteiger partial charge in [0.15, 0.2) is 5.82 Å². The number of benzene rings is 8. The Kier molecular flexibility index (Phi) is 5.91. The summed E-state index contributed by atoms with van der Waals surface area (Å²) >= 11 is 0. The lowest BCUT2D eigenvalue weighted by Gasteiger charge is -2.18. The first-order chi connectivity index (χ1) is 23.8. The number of hydrogen-bond acceptors (Lipinski definition) is 2. The molecule has 0 fully saturated rings. The lowest BCUT2D eigenvalue weighted by atomic mass is 9.86. The number of nitrogens with zero attached hydrogens (tertiary/aromatic N) is 2. The Hall–Kier alpha value is -6.38. The smallest absolute Gasteiger partial charge is 0.160 e. The number of aromatic nitrogens is 2. The largest absolute Gasteiger partial charge is 0.227 e. The van der Waals surface area contributed by atoms with E-state index >= 15 is 0 Å². The van der Waals surface area contributed by atoms with E-state index in [1.807, 2.05) is 18.2 Å². The van der Waals surface area contributed by atoms with Gasteiger partial charge >= 0.3 is 0 Å². The van der Waals surface area contributed by atoms with Crippen molar-refractivity contribution in [3.8, 4) is 67.3 Å². The normalized spacial score (nSPS) is 11.8. The number of fused-ring (bicyclic) bond motifs is 5. The van der Waals surface area contributed by atoms with Crippen molar-refractivity contribution in [1.29, 1.82) is 0 Å². The van der Waals surface area contributed by atoms with Crippen LogP contribution in [0.1, 0.15) is 0 Å². The van der Waals surface area contributed by atoms with E-state index in [1.54, 1.807) is 0 Å². The maximum atomic E-state index is 5.29. The van der Waals surface area contributed by atoms with Crippen molar-refractivity contribution in [2.24, 2.45) is 0 Å². The third-order valence-electron chi connectivity index (χ3n) is 9.81. The Morgan fingerprint density at radius 2 is 0.750 bits per heavy atom. The molecule has 10 rings (SSSR count). The van der Waals surface area contributed by atoms with Gasteiger partial charge in [0.2, 0.25) is 0 Å². The van der Waals surface area contributed by atoms with E-state index in [2.05, 4.69) is 152 Å². The molecule has 0 aliphatic heterocycles. The molecule has 0 saturated heterocycles. The first kappa shape index (κ1) is 26.8. The van der Waals surface area contributed by atoms with Crippen LogP contribution >= 0.6 is 0 Å². The Morgan fingerprint density at radius 1 is 0.292 bits per heavy atom. The van der Waals surface area contributed by atoms with Crippen LogP contribution in [0.4, 0.5) is 0 Å². The summed E-state index contributed by atoms with van der Waals surface area (Å²) in [7, 11) is 0. The van der Waals surface area contributed by atoms with Gasteiger partial charge < -0.3 is 0 Å². The molecule has 0 radical (unpaired) electrons. The fourth-order valence-corrected chi connectivity index (χ4v) is 7.73. The molecular formula is C46H28N2. The summed E-state index contributed by atoms with van der Waals surface area (Å²) in [5.74, 6) is 0.742. The van der Waals surface area contributed by atoms with Crippen LogP contribution in [-0.4, -0.2) is 9.97 Å². The fourth-order valence-electron chi connectivity index (χ4n) is 7.73. The monoisotopic (exact) mass is 608 g/mol. The van der Waals surface area contributed by atoms with Gasteiger partial charge in [-0.3, -0.25) is 0 Å². The van der Waals surface area contributed by atoms with Crippen molar-refractivity contribution in [3.63, 3.8) is 0 Å². The molecule has 2 nitrogen and oxygen atoms in total. The van der Waals surface area contributed by atoms with Gasteiger partial charge in [-0.2, -0.15) is 0 Å². The van der Waals surface area contributed by atoms with Crippen LogP contribution < -0.4 is 0 Å². The lowest BCUT2D eigenvalue weighted by Crippen LogP contribution is -1.97. The molecule has 222 valence electrons. The second kappa shape index (κ2) is 10.6. The molecule has 1 aromatic heterocycles. The Bertz CT molecular complexity index is 2630. The highest BCUT2D eigenvalue weighted by Gasteiger charge is 2.28. The van der Waals surface area contributed by atoms with Crippen LogP contribution in [0.3, 0.4) is 0 Å². The molecule has 2 heteroatoms. The Labute approximate surface area is 278 Å². The molecule has 0 amide bonds. The third kappa shape index (κ3) is 4.00. The SMILES string of the molecule is c1ccc(-c2nc(-c3ccc(-c4c5ccccc5c(-c5ccccc5)c5ccccc45)cc3)c3c(n2)-c2cccc4cccc-3c24)cc1. The van der Waals surface area contributed by atoms with Gasteiger partial charge in [0, 0.05) is 22.3 Å². The zero-order valence-electron chi connectivity index (χ0n) is 26.1. The molecule has 0 atom stereocenters. The van der Waals surface area contributed by atoms with Gasteiger partial charge in [-0.25, -0.2) is 9.97 Å². The van der Waals surface area contributed by atoms with E-state index < -0.39 is 0 Å². The highest BCUT2D eigenvalue weighted by atomic mass is 14.9. The van der Waals surface area contributed by atoms with Crippen molar-refractivity contribution in [2.75, 3.05) is 0 Å². The number of hydrogen-bond donors (Lipinski definition) is 0. The van der Waals surface area contributed by atoms with Crippen LogP contribution in [0.25, 0.3) is 99.6 Å². The van der Waals surface area contributed by atoms with Gasteiger partial charge in [-0.15, -0.1) is 0 Å². The van der Waals surface area contributed by atoms with Crippen molar-refractivity contribution in [3.05, 3.63) is 170 Å². The lowest BCUT2D eigenvalue weighted by molar-refractivity contribution is 1.19. The molecule has 9 aromatic rings. The zero-order chi connectivity index (χ0) is 31.6. The van der Waals surface area contributed by atoms with Crippen LogP contribution in [0, 0.1) is 0 Å². The van der Waals surface area contributed by atoms with E-state index in [0.717, 1.165) is 33.9 Å². The molecular weight excluding hydrogens is 581 g/mol. The van der Waals surface area contributed by atoms with Crippen molar-refractivity contribution in [2.45, 2.75) is 0 Å². The molecule has 0 bridgehead atoms. The number of rotatable bonds is 4. The fraction of sp³-hybridized carbons (Fsp3) is 0. The predicted molar refractivity (Wildman–Crippen MR) is 201 cm³/mol. The molecule has 1 aliphatic rings. The van der Waals surface area contributed by atoms with Crippen molar-refractivity contribution >= 4 is 32.3 Å². The van der Waals surface area contributed by atoms with Crippen LogP contribution in [0.5, 0.6) is 0 Å². The molecule has 0 spiro atoms. The van der Waals surface area contributed by atoms with Gasteiger partial charge in [-0.1, -0.05) is 170 Å². The van der Waals surface area contributed by atoms with E-state index in [9.17, 15) is 0 Å². The molecule has 8 aromatic carbocycles. The van der Waals surface area contributed by atoms with Gasteiger partial charge in [0.1, 0.15) is 0 Å². The predicted octanol–water partition coefficient (Wildman–Crippen LogP) is 12.3. The Morgan fingerprint density at radius 3 is 1.33 bits per heavy atom. The standard InChI is InChI=1S/C46H28N2/c1-3-13-29(14-4-1)40-34-19-7-9-21-36(34)41(37-22-10-8-20-35(37)40)31-25-27-32(28-26-31)44-43-38-23-11-17-30-18-12-24-39(42(30)38)45(43)48-46(47-44)33-15-5-2-6-16-33/h1-28H. The zero-order valence-corrected chi connectivity index (χ0v) is 26.1. The second-order valence-electron chi connectivity index (χ2n) is 12.5. The maximum absolute atomic E-state index is 5.29. The summed E-state index contributed by atoms with van der Waals surface area (Å²) in [6, 6.07) is 60.8. The second-order valence-corrected chi connectivity index (χ2v) is 12.5. The van der Waals surface area contributed by atoms with Crippen LogP contribution in [0.2, 0.25) is 0 Å². The summed E-state index contributed by atoms with van der Waals surface area (Å²) < 4.78 is 0.